The standard InChI is InChI=1S/C11H12ClNO2/c12-9-6-8-4-3-7(2-1-5-13)10(14)11(8)15-9/h3-4,6,14H,1-2,5,13H2. The van der Waals surface area contributed by atoms with Gasteiger partial charge in [0.25, 0.3) is 0 Å². The lowest BCUT2D eigenvalue weighted by Crippen LogP contribution is -2.00. The molecule has 1 aromatic heterocycles. The first-order valence-corrected chi connectivity index (χ1v) is 5.20. The van der Waals surface area contributed by atoms with Crippen LogP contribution in [0.3, 0.4) is 0 Å². The molecular formula is C11H12ClNO2. The van der Waals surface area contributed by atoms with E-state index in [0.29, 0.717) is 12.1 Å². The molecular weight excluding hydrogens is 214 g/mol. The van der Waals surface area contributed by atoms with Gasteiger partial charge in [0.1, 0.15) is 0 Å². The summed E-state index contributed by atoms with van der Waals surface area (Å²) in [7, 11) is 0. The van der Waals surface area contributed by atoms with E-state index >= 15 is 0 Å². The highest BCUT2D eigenvalue weighted by molar-refractivity contribution is 6.29. The summed E-state index contributed by atoms with van der Waals surface area (Å²) in [5, 5.41) is 11.0. The molecule has 1 aromatic carbocycles. The predicted molar refractivity (Wildman–Crippen MR) is 60.3 cm³/mol. The van der Waals surface area contributed by atoms with Gasteiger partial charge in [-0.2, -0.15) is 0 Å². The normalized spacial score (nSPS) is 11.1. The van der Waals surface area contributed by atoms with Gasteiger partial charge in [0, 0.05) is 11.5 Å². The molecule has 0 aliphatic rings. The van der Waals surface area contributed by atoms with Gasteiger partial charge in [0.2, 0.25) is 0 Å². The second kappa shape index (κ2) is 4.13. The first kappa shape index (κ1) is 10.3. The molecule has 0 atom stereocenters. The number of aryl methyl sites for hydroxylation is 1. The molecule has 0 aliphatic carbocycles. The molecule has 0 bridgehead atoms. The zero-order valence-electron chi connectivity index (χ0n) is 8.16. The molecule has 80 valence electrons. The number of furan rings is 1. The summed E-state index contributed by atoms with van der Waals surface area (Å²) in [4.78, 5) is 0. The van der Waals surface area contributed by atoms with Crippen LogP contribution in [0.15, 0.2) is 22.6 Å². The van der Waals surface area contributed by atoms with Gasteiger partial charge in [-0.25, -0.2) is 0 Å². The molecule has 0 amide bonds. The molecule has 0 aliphatic heterocycles. The summed E-state index contributed by atoms with van der Waals surface area (Å²) in [5.41, 5.74) is 6.72. The number of hydrogen-bond donors (Lipinski definition) is 2. The first-order chi connectivity index (χ1) is 7.22. The lowest BCUT2D eigenvalue weighted by atomic mass is 10.1. The third-order valence-electron chi connectivity index (χ3n) is 2.36. The minimum Gasteiger partial charge on any atom is -0.504 e. The summed E-state index contributed by atoms with van der Waals surface area (Å²) < 4.78 is 5.20. The molecule has 3 nitrogen and oxygen atoms in total. The molecule has 2 rings (SSSR count). The van der Waals surface area contributed by atoms with Crippen molar-refractivity contribution in [2.75, 3.05) is 6.54 Å². The highest BCUT2D eigenvalue weighted by Crippen LogP contribution is 2.33. The van der Waals surface area contributed by atoms with E-state index < -0.39 is 0 Å². The van der Waals surface area contributed by atoms with Crippen molar-refractivity contribution in [1.82, 2.24) is 0 Å². The van der Waals surface area contributed by atoms with E-state index in [0.717, 1.165) is 23.8 Å². The van der Waals surface area contributed by atoms with Gasteiger partial charge in [0.05, 0.1) is 0 Å². The molecule has 0 radical (unpaired) electrons. The number of nitrogens with two attached hydrogens (primary N) is 1. The van der Waals surface area contributed by atoms with E-state index in [1.54, 1.807) is 6.07 Å². The van der Waals surface area contributed by atoms with E-state index in [2.05, 4.69) is 0 Å². The predicted octanol–water partition coefficient (Wildman–Crippen LogP) is 2.68. The average Bonchev–Trinajstić information content (AvgIpc) is 2.59. The van der Waals surface area contributed by atoms with E-state index in [9.17, 15) is 5.11 Å². The van der Waals surface area contributed by atoms with Crippen LogP contribution in [0.5, 0.6) is 5.75 Å². The van der Waals surface area contributed by atoms with Crippen LogP contribution >= 0.6 is 11.6 Å². The second-order valence-electron chi connectivity index (χ2n) is 3.43. The Kier molecular flexibility index (Phi) is 2.84. The first-order valence-electron chi connectivity index (χ1n) is 4.82. The van der Waals surface area contributed by atoms with Gasteiger partial charge in [-0.15, -0.1) is 0 Å². The molecule has 3 N–H and O–H groups in total. The van der Waals surface area contributed by atoms with Crippen LogP contribution in [0, 0.1) is 0 Å². The van der Waals surface area contributed by atoms with Crippen LogP contribution < -0.4 is 5.73 Å². The maximum absolute atomic E-state index is 9.90. The number of benzene rings is 1. The molecule has 0 fully saturated rings. The Bertz CT molecular complexity index is 479. The summed E-state index contributed by atoms with van der Waals surface area (Å²) in [6.07, 6.45) is 1.59. The number of fused-ring (bicyclic) bond motifs is 1. The second-order valence-corrected chi connectivity index (χ2v) is 3.81. The lowest BCUT2D eigenvalue weighted by molar-refractivity contribution is 0.458. The number of phenolic OH excluding ortho intramolecular Hbond substituents is 1. The third kappa shape index (κ3) is 1.94. The maximum Gasteiger partial charge on any atom is 0.194 e. The Balaban J connectivity index is 2.45. The molecule has 0 spiro atoms. The van der Waals surface area contributed by atoms with Crippen molar-refractivity contribution < 1.29 is 9.52 Å². The SMILES string of the molecule is NCCCc1ccc2cc(Cl)oc2c1O. The smallest absolute Gasteiger partial charge is 0.194 e. The molecule has 1 heterocycles. The molecule has 15 heavy (non-hydrogen) atoms. The monoisotopic (exact) mass is 225 g/mol. The Hall–Kier alpha value is -1.19. The largest absolute Gasteiger partial charge is 0.504 e. The molecule has 0 saturated carbocycles. The number of phenols is 1. The van der Waals surface area contributed by atoms with Crippen LogP contribution in [0.2, 0.25) is 5.22 Å². The fourth-order valence-electron chi connectivity index (χ4n) is 1.59. The van der Waals surface area contributed by atoms with Crippen molar-refractivity contribution in [3.8, 4) is 5.75 Å². The summed E-state index contributed by atoms with van der Waals surface area (Å²) in [6.45, 7) is 0.608. The van der Waals surface area contributed by atoms with Gasteiger partial charge < -0.3 is 15.3 Å². The van der Waals surface area contributed by atoms with E-state index in [1.807, 2.05) is 12.1 Å². The molecule has 4 heteroatoms. The maximum atomic E-state index is 9.90. The van der Waals surface area contributed by atoms with Gasteiger partial charge >= 0.3 is 0 Å². The van der Waals surface area contributed by atoms with Crippen molar-refractivity contribution in [3.05, 3.63) is 29.0 Å². The fourth-order valence-corrected chi connectivity index (χ4v) is 1.79. The number of halogens is 1. The zero-order valence-corrected chi connectivity index (χ0v) is 8.92. The van der Waals surface area contributed by atoms with Crippen molar-refractivity contribution in [2.24, 2.45) is 5.73 Å². The zero-order chi connectivity index (χ0) is 10.8. The third-order valence-corrected chi connectivity index (χ3v) is 2.55. The molecule has 2 aromatic rings. The Morgan fingerprint density at radius 2 is 2.20 bits per heavy atom. The van der Waals surface area contributed by atoms with Crippen molar-refractivity contribution in [2.45, 2.75) is 12.8 Å². The Morgan fingerprint density at radius 3 is 2.93 bits per heavy atom. The summed E-state index contributed by atoms with van der Waals surface area (Å²) in [6, 6.07) is 5.44. The van der Waals surface area contributed by atoms with Gasteiger partial charge in [-0.1, -0.05) is 12.1 Å². The van der Waals surface area contributed by atoms with Crippen molar-refractivity contribution in [1.29, 1.82) is 0 Å². The van der Waals surface area contributed by atoms with E-state index in [-0.39, 0.29) is 11.0 Å². The Labute approximate surface area is 92.4 Å². The van der Waals surface area contributed by atoms with Crippen LogP contribution in [0.25, 0.3) is 11.0 Å². The number of rotatable bonds is 3. The number of hydrogen-bond acceptors (Lipinski definition) is 3. The molecule has 0 saturated heterocycles. The van der Waals surface area contributed by atoms with Crippen LogP contribution in [0.1, 0.15) is 12.0 Å². The van der Waals surface area contributed by atoms with Crippen LogP contribution in [-0.2, 0) is 6.42 Å². The van der Waals surface area contributed by atoms with E-state index in [1.165, 1.54) is 0 Å². The van der Waals surface area contributed by atoms with Crippen LogP contribution in [0.4, 0.5) is 0 Å². The Morgan fingerprint density at radius 1 is 1.40 bits per heavy atom. The van der Waals surface area contributed by atoms with E-state index in [4.69, 9.17) is 21.8 Å². The topological polar surface area (TPSA) is 59.4 Å². The quantitative estimate of drug-likeness (QED) is 0.845. The van der Waals surface area contributed by atoms with Crippen molar-refractivity contribution >= 4 is 22.6 Å². The van der Waals surface area contributed by atoms with Gasteiger partial charge in [0.15, 0.2) is 16.6 Å². The van der Waals surface area contributed by atoms with Crippen LogP contribution in [-0.4, -0.2) is 11.7 Å². The average molecular weight is 226 g/mol. The fraction of sp³-hybridized carbons (Fsp3) is 0.273. The number of aromatic hydroxyl groups is 1. The lowest BCUT2D eigenvalue weighted by Gasteiger charge is -2.03. The van der Waals surface area contributed by atoms with Crippen molar-refractivity contribution in [3.63, 3.8) is 0 Å². The summed E-state index contributed by atoms with van der Waals surface area (Å²) in [5.74, 6) is 0.174. The highest BCUT2D eigenvalue weighted by Gasteiger charge is 2.10. The highest BCUT2D eigenvalue weighted by atomic mass is 35.5. The van der Waals surface area contributed by atoms with Gasteiger partial charge in [-0.3, -0.25) is 0 Å². The molecule has 0 unspecified atom stereocenters. The minimum atomic E-state index is 0.174. The minimum absolute atomic E-state index is 0.174. The summed E-state index contributed by atoms with van der Waals surface area (Å²) >= 11 is 5.71. The van der Waals surface area contributed by atoms with Gasteiger partial charge in [-0.05, 0) is 36.6 Å².